The number of halogens is 3. The third kappa shape index (κ3) is 7.30. The van der Waals surface area contributed by atoms with Crippen molar-refractivity contribution >= 4 is 80.9 Å². The van der Waals surface area contributed by atoms with Gasteiger partial charge in [-0.2, -0.15) is 0 Å². The molecule has 1 aromatic heterocycles. The minimum absolute atomic E-state index is 0.221. The molecule has 12 heteroatoms. The molecule has 0 saturated carbocycles. The molecule has 0 amide bonds. The zero-order chi connectivity index (χ0) is 32.4. The van der Waals surface area contributed by atoms with Crippen LogP contribution in [0.3, 0.4) is 0 Å². The number of allylic oxidation sites excluding steroid dienone is 1. The van der Waals surface area contributed by atoms with Gasteiger partial charge in [0.2, 0.25) is 0 Å². The number of carbonyl (C=O) groups is 1. The summed E-state index contributed by atoms with van der Waals surface area (Å²) in [4.78, 5) is 33.7. The van der Waals surface area contributed by atoms with Crippen LogP contribution in [-0.4, -0.2) is 30.0 Å². The second-order valence-corrected chi connectivity index (χ2v) is 14.3. The van der Waals surface area contributed by atoms with Gasteiger partial charge in [0.1, 0.15) is 6.61 Å². The van der Waals surface area contributed by atoms with E-state index in [0.717, 1.165) is 25.2 Å². The van der Waals surface area contributed by atoms with Gasteiger partial charge in [0.05, 0.1) is 38.6 Å². The largest absolute Gasteiger partial charge is 0.493 e. The second-order valence-electron chi connectivity index (χ2n) is 10.4. The highest BCUT2D eigenvalue weighted by Crippen LogP contribution is 2.36. The highest BCUT2D eigenvalue weighted by Gasteiger charge is 2.33. The Morgan fingerprint density at radius 1 is 1.16 bits per heavy atom. The molecule has 0 spiro atoms. The number of aromatic nitrogens is 1. The van der Waals surface area contributed by atoms with E-state index in [2.05, 4.69) is 22.6 Å². The predicted molar refractivity (Wildman–Crippen MR) is 190 cm³/mol. The number of hydrogen-bond acceptors (Lipinski definition) is 8. The minimum atomic E-state index is -0.685. The maximum atomic E-state index is 14.1. The van der Waals surface area contributed by atoms with Crippen LogP contribution in [0, 0.1) is 3.57 Å². The van der Waals surface area contributed by atoms with Crippen LogP contribution in [0.25, 0.3) is 6.08 Å². The second kappa shape index (κ2) is 14.3. The summed E-state index contributed by atoms with van der Waals surface area (Å²) in [6, 6.07) is 16.1. The van der Waals surface area contributed by atoms with E-state index in [9.17, 15) is 9.59 Å². The highest BCUT2D eigenvalue weighted by atomic mass is 127. The molecule has 0 bridgehead atoms. The number of benzene rings is 3. The smallest absolute Gasteiger partial charge is 0.338 e. The number of fused-ring (bicyclic) bond motifs is 1. The summed E-state index contributed by atoms with van der Waals surface area (Å²) in [7, 11) is 1.56. The topological polar surface area (TPSA) is 79.1 Å². The van der Waals surface area contributed by atoms with E-state index in [1.807, 2.05) is 48.7 Å². The van der Waals surface area contributed by atoms with Gasteiger partial charge in [-0.3, -0.25) is 9.36 Å². The molecule has 1 aliphatic heterocycles. The Hall–Kier alpha value is -2.77. The fourth-order valence-electron chi connectivity index (χ4n) is 4.87. The summed E-state index contributed by atoms with van der Waals surface area (Å²) in [6.07, 6.45) is 3.47. The zero-order valence-electron chi connectivity index (χ0n) is 25.0. The Kier molecular flexibility index (Phi) is 10.7. The monoisotopic (exact) mass is 794 g/mol. The molecule has 5 rings (SSSR count). The van der Waals surface area contributed by atoms with Crippen molar-refractivity contribution in [2.45, 2.75) is 44.4 Å². The normalized spacial score (nSPS) is 14.8. The third-order valence-electron chi connectivity index (χ3n) is 6.95. The van der Waals surface area contributed by atoms with Crippen LogP contribution in [0.2, 0.25) is 10.0 Å². The van der Waals surface area contributed by atoms with Crippen LogP contribution in [0.1, 0.15) is 43.5 Å². The molecule has 1 atom stereocenters. The molecule has 4 aromatic rings. The summed E-state index contributed by atoms with van der Waals surface area (Å²) in [5.74, 6) is 0.571. The van der Waals surface area contributed by atoms with Crippen molar-refractivity contribution in [3.05, 3.63) is 116 Å². The van der Waals surface area contributed by atoms with Crippen LogP contribution in [0.4, 0.5) is 0 Å². The number of esters is 1. The summed E-state index contributed by atoms with van der Waals surface area (Å²) in [6.45, 7) is 5.59. The van der Waals surface area contributed by atoms with E-state index < -0.39 is 12.0 Å². The lowest BCUT2D eigenvalue weighted by atomic mass is 9.96. The van der Waals surface area contributed by atoms with Crippen molar-refractivity contribution in [3.8, 4) is 11.5 Å². The summed E-state index contributed by atoms with van der Waals surface area (Å²) < 4.78 is 20.2. The number of ether oxygens (including phenoxy) is 3. The maximum Gasteiger partial charge on any atom is 0.338 e. The Morgan fingerprint density at radius 3 is 2.53 bits per heavy atom. The number of hydrogen-bond donors (Lipinski definition) is 0. The molecular formula is C33H29Cl2IN2O5S2. The highest BCUT2D eigenvalue weighted by molar-refractivity contribution is 14.1. The minimum Gasteiger partial charge on any atom is -0.493 e. The first-order chi connectivity index (χ1) is 21.5. The van der Waals surface area contributed by atoms with Crippen molar-refractivity contribution in [1.82, 2.24) is 4.57 Å². The summed E-state index contributed by atoms with van der Waals surface area (Å²) in [5.41, 5.74) is 2.93. The van der Waals surface area contributed by atoms with Gasteiger partial charge in [-0.05, 0) is 103 Å². The van der Waals surface area contributed by atoms with Crippen LogP contribution < -0.4 is 24.4 Å². The van der Waals surface area contributed by atoms with Crippen molar-refractivity contribution in [2.75, 3.05) is 13.4 Å². The van der Waals surface area contributed by atoms with Crippen molar-refractivity contribution < 1.29 is 19.0 Å². The first-order valence-corrected chi connectivity index (χ1v) is 17.7. The lowest BCUT2D eigenvalue weighted by Crippen LogP contribution is -2.40. The fraction of sp³-hybridized carbons (Fsp3) is 0.242. The summed E-state index contributed by atoms with van der Waals surface area (Å²) in [5, 5.41) is 1.06. The SMILES string of the molecule is COc1cc(/C=c2\sc3n(c2=O)[C@H](c2ccc(SC)cc2)C(C(=O)OC(C)C)=C(C)N=3)cc(I)c1OCc1ccc(Cl)cc1Cl. The van der Waals surface area contributed by atoms with Crippen LogP contribution in [0.15, 0.2) is 80.5 Å². The van der Waals surface area contributed by atoms with E-state index in [-0.39, 0.29) is 18.3 Å². The van der Waals surface area contributed by atoms with E-state index in [1.54, 1.807) is 62.4 Å². The maximum absolute atomic E-state index is 14.1. The van der Waals surface area contributed by atoms with Crippen LogP contribution in [-0.2, 0) is 16.1 Å². The number of rotatable bonds is 9. The zero-order valence-corrected chi connectivity index (χ0v) is 30.3. The Balaban J connectivity index is 1.57. The van der Waals surface area contributed by atoms with Gasteiger partial charge in [0.25, 0.3) is 5.56 Å². The molecule has 0 N–H and O–H groups in total. The number of methoxy groups -OCH3 is 1. The van der Waals surface area contributed by atoms with E-state index in [0.29, 0.717) is 42.1 Å². The lowest BCUT2D eigenvalue weighted by molar-refractivity contribution is -0.143. The summed E-state index contributed by atoms with van der Waals surface area (Å²) >= 11 is 17.4. The number of thiazole rings is 1. The Labute approximate surface area is 292 Å². The van der Waals surface area contributed by atoms with Gasteiger partial charge < -0.3 is 14.2 Å². The first-order valence-electron chi connectivity index (χ1n) is 13.8. The average Bonchev–Trinajstić information content (AvgIpc) is 3.29. The Bertz CT molecular complexity index is 1990. The molecule has 1 aliphatic rings. The molecule has 45 heavy (non-hydrogen) atoms. The van der Waals surface area contributed by atoms with Gasteiger partial charge in [-0.1, -0.05) is 52.7 Å². The quantitative estimate of drug-likeness (QED) is 0.0999. The Morgan fingerprint density at radius 2 is 1.89 bits per heavy atom. The number of carbonyl (C=O) groups excluding carboxylic acids is 1. The van der Waals surface area contributed by atoms with Crippen molar-refractivity contribution in [2.24, 2.45) is 4.99 Å². The molecule has 0 saturated heterocycles. The fourth-order valence-corrected chi connectivity index (χ4v) is 7.56. The van der Waals surface area contributed by atoms with Gasteiger partial charge >= 0.3 is 5.97 Å². The molecule has 2 heterocycles. The molecular weight excluding hydrogens is 766 g/mol. The molecule has 234 valence electrons. The van der Waals surface area contributed by atoms with Crippen molar-refractivity contribution in [1.29, 1.82) is 0 Å². The molecule has 0 radical (unpaired) electrons. The predicted octanol–water partition coefficient (Wildman–Crippen LogP) is 7.41. The molecule has 0 unspecified atom stereocenters. The molecule has 7 nitrogen and oxygen atoms in total. The number of nitrogens with zero attached hydrogens (tertiary/aromatic N) is 2. The van der Waals surface area contributed by atoms with Crippen LogP contribution in [0.5, 0.6) is 11.5 Å². The number of thioether (sulfide) groups is 1. The van der Waals surface area contributed by atoms with E-state index in [4.69, 9.17) is 42.4 Å². The molecule has 0 aliphatic carbocycles. The van der Waals surface area contributed by atoms with Gasteiger partial charge in [0, 0.05) is 20.5 Å². The standard InChI is InChI=1S/C33H29Cl2IN2O5S2/c1-17(2)43-32(40)28-18(3)37-33-38(29(28)20-7-10-23(44-5)11-8-20)31(39)27(45-33)14-19-12-25(36)30(26(13-19)41-4)42-16-21-6-9-22(34)15-24(21)35/h6-15,17,29H,16H2,1-5H3/b27-14-/t29-/m1/s1. The molecule has 0 fully saturated rings. The van der Waals surface area contributed by atoms with Crippen molar-refractivity contribution in [3.63, 3.8) is 0 Å². The van der Waals surface area contributed by atoms with Gasteiger partial charge in [-0.15, -0.1) is 11.8 Å². The van der Waals surface area contributed by atoms with Gasteiger partial charge in [0.15, 0.2) is 16.3 Å². The lowest BCUT2D eigenvalue weighted by Gasteiger charge is -2.25. The van der Waals surface area contributed by atoms with Gasteiger partial charge in [-0.25, -0.2) is 9.79 Å². The average molecular weight is 796 g/mol. The van der Waals surface area contributed by atoms with Crippen LogP contribution >= 0.6 is 68.9 Å². The first kappa shape index (κ1) is 33.6. The van der Waals surface area contributed by atoms with E-state index >= 15 is 0 Å². The molecule has 3 aromatic carbocycles. The third-order valence-corrected chi connectivity index (χ3v) is 10.1. The van der Waals surface area contributed by atoms with E-state index in [1.165, 1.54) is 11.3 Å².